The summed E-state index contributed by atoms with van der Waals surface area (Å²) >= 11 is 0. The Hall–Kier alpha value is -7.10. The van der Waals surface area contributed by atoms with Gasteiger partial charge in [-0.2, -0.15) is 5.26 Å². The molecule has 0 spiro atoms. The lowest BCUT2D eigenvalue weighted by Gasteiger charge is -2.50. The topological polar surface area (TPSA) is 88.2 Å². The maximum atomic E-state index is 11.4. The van der Waals surface area contributed by atoms with E-state index in [0.717, 1.165) is 75.2 Å². The van der Waals surface area contributed by atoms with Crippen molar-refractivity contribution in [2.45, 2.75) is 31.1 Å². The Morgan fingerprint density at radius 1 is 0.452 bits per heavy atom. The second-order valence-corrected chi connectivity index (χ2v) is 18.2. The van der Waals surface area contributed by atoms with Gasteiger partial charge in [0.05, 0.1) is 23.0 Å². The zero-order valence-corrected chi connectivity index (χ0v) is 34.1. The normalized spacial score (nSPS) is 25.7. The molecule has 2 aromatic heterocycles. The molecule has 0 aliphatic heterocycles. The van der Waals surface area contributed by atoms with Gasteiger partial charge in [0.25, 0.3) is 0 Å². The smallest absolute Gasteiger partial charge is 0.164 e. The van der Waals surface area contributed by atoms with Crippen molar-refractivity contribution in [3.8, 4) is 74.1 Å². The Labute approximate surface area is 361 Å². The Balaban J connectivity index is 1.13. The van der Waals surface area contributed by atoms with Gasteiger partial charge in [-0.3, -0.25) is 0 Å². The minimum atomic E-state index is -0.476. The highest BCUT2D eigenvalue weighted by atomic mass is 15.0. The number of aromatic nitrogens is 5. The number of nitriles is 1. The van der Waals surface area contributed by atoms with Crippen molar-refractivity contribution in [3.05, 3.63) is 186 Å². The molecule has 0 amide bonds. The average Bonchev–Trinajstić information content (AvgIpc) is 3.93. The molecule has 6 aromatic carbocycles. The molecular weight excluding hydrogens is 757 g/mol. The van der Waals surface area contributed by atoms with Crippen LogP contribution in [-0.4, -0.2) is 24.9 Å². The van der Waals surface area contributed by atoms with Gasteiger partial charge in [-0.25, -0.2) is 24.9 Å². The molecule has 2 bridgehead atoms. The summed E-state index contributed by atoms with van der Waals surface area (Å²) in [5, 5.41) is 11.4. The standard InChI is InChI=1S/C56H42N6/c57-32-37-24-15-26-41-49(37)56(44-27-14-13-25-40(44)55-61-53(35-20-9-3-10-21-35)60-54(62-55)36-22-11-4-12-23-36)45-31-39-29-42-38(30-46(56)48(42)47(39)45)28-43-50(33-16-5-1-6-17-33)58-52(59-51(41)43)34-18-7-2-8-19-34/h1-27,38-39,42,45-48H,28-31H2/t38?,39?,42?,45?,46?,47-,48?,56?/m0/s1. The molecule has 7 unspecified atom stereocenters. The van der Waals surface area contributed by atoms with Crippen LogP contribution in [0, 0.1) is 52.8 Å². The molecule has 8 aromatic rings. The van der Waals surface area contributed by atoms with Crippen LogP contribution in [0.3, 0.4) is 0 Å². The van der Waals surface area contributed by atoms with Crippen LogP contribution in [0.25, 0.3) is 68.1 Å². The predicted molar refractivity (Wildman–Crippen MR) is 242 cm³/mol. The van der Waals surface area contributed by atoms with Gasteiger partial charge < -0.3 is 0 Å². The fourth-order valence-electron chi connectivity index (χ4n) is 13.5. The molecule has 0 saturated heterocycles. The number of hydrogen-bond acceptors (Lipinski definition) is 6. The molecule has 0 radical (unpaired) electrons. The minimum Gasteiger partial charge on any atom is -0.228 e. The molecule has 4 fully saturated rings. The third kappa shape index (κ3) is 5.05. The first-order chi connectivity index (χ1) is 30.7. The van der Waals surface area contributed by atoms with E-state index in [1.165, 1.54) is 17.5 Å². The zero-order chi connectivity index (χ0) is 40.9. The van der Waals surface area contributed by atoms with E-state index in [2.05, 4.69) is 127 Å². The third-order valence-electron chi connectivity index (χ3n) is 15.6. The van der Waals surface area contributed by atoms with E-state index in [0.29, 0.717) is 64.7 Å². The van der Waals surface area contributed by atoms with Crippen LogP contribution in [0.1, 0.15) is 41.5 Å². The van der Waals surface area contributed by atoms with Crippen molar-refractivity contribution in [1.82, 2.24) is 24.9 Å². The van der Waals surface area contributed by atoms with Crippen LogP contribution < -0.4 is 0 Å². The Morgan fingerprint density at radius 2 is 0.968 bits per heavy atom. The van der Waals surface area contributed by atoms with Gasteiger partial charge in [-0.05, 0) is 84.3 Å². The van der Waals surface area contributed by atoms with Gasteiger partial charge in [0.1, 0.15) is 0 Å². The lowest BCUT2D eigenvalue weighted by Crippen LogP contribution is -2.47. The highest BCUT2D eigenvalue weighted by Crippen LogP contribution is 2.80. The Morgan fingerprint density at radius 3 is 1.61 bits per heavy atom. The van der Waals surface area contributed by atoms with E-state index in [1.54, 1.807) is 0 Å². The first-order valence-corrected chi connectivity index (χ1v) is 22.2. The van der Waals surface area contributed by atoms with Crippen LogP contribution in [0.15, 0.2) is 164 Å². The van der Waals surface area contributed by atoms with Crippen LogP contribution >= 0.6 is 0 Å². The molecule has 5 aliphatic rings. The fraction of sp³-hybridized carbons (Fsp3) is 0.214. The number of hydrogen-bond donors (Lipinski definition) is 0. The van der Waals surface area contributed by atoms with Crippen LogP contribution in [0.2, 0.25) is 0 Å². The molecule has 62 heavy (non-hydrogen) atoms. The highest BCUT2D eigenvalue weighted by Gasteiger charge is 2.75. The van der Waals surface area contributed by atoms with Gasteiger partial charge in [-0.15, -0.1) is 0 Å². The fourth-order valence-corrected chi connectivity index (χ4v) is 13.5. The van der Waals surface area contributed by atoms with E-state index >= 15 is 0 Å². The van der Waals surface area contributed by atoms with E-state index < -0.39 is 5.41 Å². The molecule has 5 aliphatic carbocycles. The largest absolute Gasteiger partial charge is 0.228 e. The van der Waals surface area contributed by atoms with Crippen LogP contribution in [0.5, 0.6) is 0 Å². The highest BCUT2D eigenvalue weighted by molar-refractivity contribution is 5.83. The summed E-state index contributed by atoms with van der Waals surface area (Å²) in [5.41, 5.74) is 11.8. The Kier molecular flexibility index (Phi) is 7.88. The maximum absolute atomic E-state index is 11.4. The summed E-state index contributed by atoms with van der Waals surface area (Å²) in [5.74, 6) is 6.38. The SMILES string of the molecule is N#Cc1cccc2c1C1(c3ccccc3-c3nc(-c4ccccc4)nc(-c4ccccc4)n3)C3CC(Cc4c(-c5ccccc5)nc(-c5ccccc5)nc4-2)C2CC4CC1[C@H]4C23. The van der Waals surface area contributed by atoms with Gasteiger partial charge in [0.15, 0.2) is 23.3 Å². The summed E-state index contributed by atoms with van der Waals surface area (Å²) in [6.07, 6.45) is 4.47. The number of fused-ring (bicyclic) bond motifs is 7. The van der Waals surface area contributed by atoms with E-state index in [-0.39, 0.29) is 0 Å². The molecule has 6 nitrogen and oxygen atoms in total. The molecule has 0 N–H and O–H groups in total. The van der Waals surface area contributed by atoms with Gasteiger partial charge in [0.2, 0.25) is 0 Å². The van der Waals surface area contributed by atoms with Gasteiger partial charge in [0, 0.05) is 44.4 Å². The number of nitrogens with zero attached hydrogens (tertiary/aromatic N) is 6. The molecular formula is C56H42N6. The quantitative estimate of drug-likeness (QED) is 0.166. The lowest BCUT2D eigenvalue weighted by atomic mass is 9.52. The first-order valence-electron chi connectivity index (χ1n) is 22.2. The maximum Gasteiger partial charge on any atom is 0.164 e. The summed E-state index contributed by atoms with van der Waals surface area (Å²) in [6, 6.07) is 59.7. The summed E-state index contributed by atoms with van der Waals surface area (Å²) in [4.78, 5) is 26.9. The van der Waals surface area contributed by atoms with Crippen molar-refractivity contribution in [1.29, 1.82) is 5.26 Å². The van der Waals surface area contributed by atoms with E-state index in [9.17, 15) is 5.26 Å². The minimum absolute atomic E-state index is 0.342. The second-order valence-electron chi connectivity index (χ2n) is 18.2. The molecule has 8 atom stereocenters. The van der Waals surface area contributed by atoms with Crippen molar-refractivity contribution >= 4 is 0 Å². The first kappa shape index (κ1) is 35.6. The van der Waals surface area contributed by atoms with Crippen LogP contribution in [0.4, 0.5) is 0 Å². The van der Waals surface area contributed by atoms with Crippen molar-refractivity contribution in [2.24, 2.45) is 41.4 Å². The molecule has 2 heterocycles. The van der Waals surface area contributed by atoms with Crippen molar-refractivity contribution < 1.29 is 0 Å². The second kappa shape index (κ2) is 13.7. The monoisotopic (exact) mass is 798 g/mol. The number of rotatable bonds is 6. The van der Waals surface area contributed by atoms with E-state index in [1.807, 2.05) is 42.5 Å². The van der Waals surface area contributed by atoms with Crippen molar-refractivity contribution in [3.63, 3.8) is 0 Å². The zero-order valence-electron chi connectivity index (χ0n) is 34.1. The number of benzene rings is 6. The third-order valence-corrected chi connectivity index (χ3v) is 15.6. The predicted octanol–water partition coefficient (Wildman–Crippen LogP) is 11.9. The van der Waals surface area contributed by atoms with Crippen LogP contribution in [-0.2, 0) is 11.8 Å². The Bertz CT molecular complexity index is 3030. The summed E-state index contributed by atoms with van der Waals surface area (Å²) < 4.78 is 0. The summed E-state index contributed by atoms with van der Waals surface area (Å²) in [6.45, 7) is 0. The lowest BCUT2D eigenvalue weighted by molar-refractivity contribution is 0.0800. The van der Waals surface area contributed by atoms with Crippen molar-refractivity contribution in [2.75, 3.05) is 0 Å². The van der Waals surface area contributed by atoms with Gasteiger partial charge >= 0.3 is 0 Å². The summed E-state index contributed by atoms with van der Waals surface area (Å²) in [7, 11) is 0. The molecule has 13 rings (SSSR count). The van der Waals surface area contributed by atoms with Gasteiger partial charge in [-0.1, -0.05) is 158 Å². The molecule has 4 saturated carbocycles. The van der Waals surface area contributed by atoms with E-state index in [4.69, 9.17) is 24.9 Å². The molecule has 6 heteroatoms. The molecule has 296 valence electrons. The average molecular weight is 799 g/mol.